The lowest BCUT2D eigenvalue weighted by atomic mass is 10.1. The normalized spacial score (nSPS) is 15.3. The number of primary sulfonamides is 1. The first kappa shape index (κ1) is 15.1. The predicted octanol–water partition coefficient (Wildman–Crippen LogP) is 1.02. The Balaban J connectivity index is 2.73. The molecule has 1 rings (SSSR count). The fourth-order valence-electron chi connectivity index (χ4n) is 1.77. The molecule has 0 aliphatic carbocycles. The number of ether oxygens (including phenoxy) is 1. The Morgan fingerprint density at radius 2 is 1.83 bits per heavy atom. The van der Waals surface area contributed by atoms with Crippen molar-refractivity contribution < 1.29 is 13.2 Å². The Bertz CT molecular complexity index is 471. The summed E-state index contributed by atoms with van der Waals surface area (Å²) in [5.74, 6) is 0. The van der Waals surface area contributed by atoms with Crippen LogP contribution in [0.15, 0.2) is 29.2 Å². The van der Waals surface area contributed by atoms with Gasteiger partial charge in [0, 0.05) is 19.2 Å². The van der Waals surface area contributed by atoms with Crippen LogP contribution in [0, 0.1) is 0 Å². The van der Waals surface area contributed by atoms with Crippen LogP contribution >= 0.6 is 0 Å². The molecule has 18 heavy (non-hydrogen) atoms. The summed E-state index contributed by atoms with van der Waals surface area (Å²) in [6, 6.07) is 6.90. The van der Waals surface area contributed by atoms with Crippen molar-refractivity contribution in [2.24, 2.45) is 5.14 Å². The molecule has 0 saturated carbocycles. The third kappa shape index (κ3) is 4.38. The Labute approximate surface area is 108 Å². The fraction of sp³-hybridized carbons (Fsp3) is 0.500. The summed E-state index contributed by atoms with van der Waals surface area (Å²) in [7, 11) is -1.96. The second-order valence-electron chi connectivity index (χ2n) is 4.36. The predicted molar refractivity (Wildman–Crippen MR) is 70.7 cm³/mol. The van der Waals surface area contributed by atoms with E-state index in [1.807, 2.05) is 13.8 Å². The van der Waals surface area contributed by atoms with Gasteiger partial charge in [-0.3, -0.25) is 0 Å². The zero-order chi connectivity index (χ0) is 13.8. The van der Waals surface area contributed by atoms with Crippen LogP contribution in [-0.4, -0.2) is 28.2 Å². The number of nitrogens with two attached hydrogens (primary N) is 1. The van der Waals surface area contributed by atoms with Gasteiger partial charge in [-0.1, -0.05) is 12.1 Å². The van der Waals surface area contributed by atoms with Crippen LogP contribution in [0.1, 0.15) is 25.5 Å². The standard InChI is InChI=1S/C12H20N2O3S/c1-9(8-17-3)14-10(2)11-4-6-12(7-5-11)18(13,15)16/h4-7,9-10,14H,8H2,1-3H3,(H2,13,15,16). The summed E-state index contributed by atoms with van der Waals surface area (Å²) in [5, 5.41) is 8.39. The van der Waals surface area contributed by atoms with Crippen LogP contribution < -0.4 is 10.5 Å². The molecule has 0 spiro atoms. The zero-order valence-electron chi connectivity index (χ0n) is 10.9. The molecular formula is C12H20N2O3S. The van der Waals surface area contributed by atoms with E-state index in [1.165, 1.54) is 12.1 Å². The summed E-state index contributed by atoms with van der Waals surface area (Å²) >= 11 is 0. The Morgan fingerprint density at radius 3 is 2.28 bits per heavy atom. The van der Waals surface area contributed by atoms with E-state index in [4.69, 9.17) is 9.88 Å². The molecule has 0 amide bonds. The lowest BCUT2D eigenvalue weighted by Crippen LogP contribution is -2.32. The second-order valence-corrected chi connectivity index (χ2v) is 5.92. The molecule has 2 atom stereocenters. The molecular weight excluding hydrogens is 252 g/mol. The summed E-state index contributed by atoms with van der Waals surface area (Å²) in [6.07, 6.45) is 0. The van der Waals surface area contributed by atoms with E-state index >= 15 is 0 Å². The summed E-state index contributed by atoms with van der Waals surface area (Å²) in [6.45, 7) is 4.66. The topological polar surface area (TPSA) is 81.4 Å². The molecule has 5 nitrogen and oxygen atoms in total. The number of hydrogen-bond donors (Lipinski definition) is 2. The monoisotopic (exact) mass is 272 g/mol. The van der Waals surface area contributed by atoms with Gasteiger partial charge in [0.15, 0.2) is 0 Å². The first-order valence-corrected chi connectivity index (χ1v) is 7.27. The largest absolute Gasteiger partial charge is 0.383 e. The van der Waals surface area contributed by atoms with E-state index in [2.05, 4.69) is 5.32 Å². The first-order valence-electron chi connectivity index (χ1n) is 5.72. The van der Waals surface area contributed by atoms with Gasteiger partial charge in [-0.05, 0) is 31.5 Å². The molecule has 3 N–H and O–H groups in total. The minimum absolute atomic E-state index is 0.115. The average molecular weight is 272 g/mol. The maximum absolute atomic E-state index is 11.1. The maximum atomic E-state index is 11.1. The molecule has 2 unspecified atom stereocenters. The molecule has 0 aliphatic rings. The van der Waals surface area contributed by atoms with Gasteiger partial charge in [0.25, 0.3) is 0 Å². The number of methoxy groups -OCH3 is 1. The van der Waals surface area contributed by atoms with Gasteiger partial charge in [0.05, 0.1) is 11.5 Å². The Kier molecular flexibility index (Phi) is 5.28. The van der Waals surface area contributed by atoms with Crippen molar-refractivity contribution in [1.29, 1.82) is 0 Å². The van der Waals surface area contributed by atoms with E-state index in [9.17, 15) is 8.42 Å². The summed E-state index contributed by atoms with van der Waals surface area (Å²) < 4.78 is 27.3. The molecule has 0 aliphatic heterocycles. The Morgan fingerprint density at radius 1 is 1.28 bits per heavy atom. The van der Waals surface area contributed by atoms with Crippen molar-refractivity contribution in [1.82, 2.24) is 5.32 Å². The van der Waals surface area contributed by atoms with E-state index < -0.39 is 10.0 Å². The third-order valence-electron chi connectivity index (χ3n) is 2.66. The van der Waals surface area contributed by atoms with Gasteiger partial charge in [-0.25, -0.2) is 13.6 Å². The zero-order valence-corrected chi connectivity index (χ0v) is 11.7. The molecule has 0 saturated heterocycles. The first-order chi connectivity index (χ1) is 8.34. The SMILES string of the molecule is COCC(C)NC(C)c1ccc(S(N)(=O)=O)cc1. The lowest BCUT2D eigenvalue weighted by Gasteiger charge is -2.19. The summed E-state index contributed by atoms with van der Waals surface area (Å²) in [4.78, 5) is 0.128. The van der Waals surface area contributed by atoms with Crippen molar-refractivity contribution in [3.8, 4) is 0 Å². The van der Waals surface area contributed by atoms with Crippen molar-refractivity contribution in [2.45, 2.75) is 30.8 Å². The maximum Gasteiger partial charge on any atom is 0.238 e. The molecule has 0 bridgehead atoms. The minimum Gasteiger partial charge on any atom is -0.383 e. The molecule has 1 aromatic carbocycles. The van der Waals surface area contributed by atoms with Crippen LogP contribution in [0.4, 0.5) is 0 Å². The van der Waals surface area contributed by atoms with Gasteiger partial charge in [-0.15, -0.1) is 0 Å². The van der Waals surface area contributed by atoms with Crippen molar-refractivity contribution in [3.05, 3.63) is 29.8 Å². The minimum atomic E-state index is -3.62. The highest BCUT2D eigenvalue weighted by atomic mass is 32.2. The molecule has 0 heterocycles. The molecule has 0 aromatic heterocycles. The smallest absolute Gasteiger partial charge is 0.238 e. The van der Waals surface area contributed by atoms with Crippen molar-refractivity contribution >= 4 is 10.0 Å². The van der Waals surface area contributed by atoms with Gasteiger partial charge in [-0.2, -0.15) is 0 Å². The fourth-order valence-corrected chi connectivity index (χ4v) is 2.28. The highest BCUT2D eigenvalue weighted by Gasteiger charge is 2.11. The molecule has 0 radical (unpaired) electrons. The van der Waals surface area contributed by atoms with Crippen LogP contribution in [0.2, 0.25) is 0 Å². The van der Waals surface area contributed by atoms with Gasteiger partial charge < -0.3 is 10.1 Å². The van der Waals surface area contributed by atoms with Crippen molar-refractivity contribution in [2.75, 3.05) is 13.7 Å². The number of nitrogens with one attached hydrogen (secondary N) is 1. The van der Waals surface area contributed by atoms with E-state index in [1.54, 1.807) is 19.2 Å². The van der Waals surface area contributed by atoms with Crippen molar-refractivity contribution in [3.63, 3.8) is 0 Å². The van der Waals surface area contributed by atoms with E-state index in [0.29, 0.717) is 6.61 Å². The van der Waals surface area contributed by atoms with Crippen LogP contribution in [0.5, 0.6) is 0 Å². The number of rotatable bonds is 6. The highest BCUT2D eigenvalue weighted by molar-refractivity contribution is 7.89. The highest BCUT2D eigenvalue weighted by Crippen LogP contribution is 2.15. The number of hydrogen-bond acceptors (Lipinski definition) is 4. The van der Waals surface area contributed by atoms with Crippen LogP contribution in [0.3, 0.4) is 0 Å². The second kappa shape index (κ2) is 6.29. The lowest BCUT2D eigenvalue weighted by molar-refractivity contribution is 0.167. The quantitative estimate of drug-likeness (QED) is 0.810. The molecule has 0 fully saturated rings. The van der Waals surface area contributed by atoms with E-state index in [-0.39, 0.29) is 17.0 Å². The van der Waals surface area contributed by atoms with Gasteiger partial charge >= 0.3 is 0 Å². The van der Waals surface area contributed by atoms with Gasteiger partial charge in [0.2, 0.25) is 10.0 Å². The van der Waals surface area contributed by atoms with E-state index in [0.717, 1.165) is 5.56 Å². The Hall–Kier alpha value is -0.950. The van der Waals surface area contributed by atoms with Crippen LogP contribution in [-0.2, 0) is 14.8 Å². The third-order valence-corrected chi connectivity index (χ3v) is 3.59. The summed E-state index contributed by atoms with van der Waals surface area (Å²) in [5.41, 5.74) is 1.00. The van der Waals surface area contributed by atoms with Gasteiger partial charge in [0.1, 0.15) is 0 Å². The number of sulfonamides is 1. The molecule has 102 valence electrons. The average Bonchev–Trinajstić information content (AvgIpc) is 2.28. The molecule has 6 heteroatoms. The molecule has 1 aromatic rings. The van der Waals surface area contributed by atoms with Crippen LogP contribution in [0.25, 0.3) is 0 Å². The number of benzene rings is 1.